The smallest absolute Gasteiger partial charge is 0.326 e. The van der Waals surface area contributed by atoms with Crippen molar-refractivity contribution in [3.8, 4) is 11.5 Å². The molecule has 9 heteroatoms. The van der Waals surface area contributed by atoms with Crippen molar-refractivity contribution in [2.24, 2.45) is 23.5 Å². The Balaban J connectivity index is 3.19. The summed E-state index contributed by atoms with van der Waals surface area (Å²) in [5.74, 6) is -2.00. The van der Waals surface area contributed by atoms with E-state index >= 15 is 0 Å². The van der Waals surface area contributed by atoms with Crippen LogP contribution in [0.1, 0.15) is 66.4 Å². The SMILES string of the molecule is COC(=O)C(N)(CCOC(=O)C(C)C)Cc1ccc(OC(=O)CC(C)C)c(OC(=O)CC(C)C)c1. The second-order valence-corrected chi connectivity index (χ2v) is 9.82. The van der Waals surface area contributed by atoms with Gasteiger partial charge in [0.1, 0.15) is 5.54 Å². The molecule has 1 aromatic carbocycles. The molecule has 35 heavy (non-hydrogen) atoms. The van der Waals surface area contributed by atoms with Gasteiger partial charge in [0.2, 0.25) is 0 Å². The lowest BCUT2D eigenvalue weighted by Crippen LogP contribution is -2.51. The predicted octanol–water partition coefficient (Wildman–Crippen LogP) is 3.59. The number of rotatable bonds is 13. The molecule has 0 saturated carbocycles. The maximum absolute atomic E-state index is 12.5. The Bertz CT molecular complexity index is 893. The third-order valence-electron chi connectivity index (χ3n) is 4.98. The Labute approximate surface area is 207 Å². The number of methoxy groups -OCH3 is 1. The number of hydrogen-bond acceptors (Lipinski definition) is 9. The first kappa shape index (κ1) is 30.1. The maximum Gasteiger partial charge on any atom is 0.326 e. The van der Waals surface area contributed by atoms with Gasteiger partial charge >= 0.3 is 23.9 Å². The van der Waals surface area contributed by atoms with Crippen LogP contribution in [0, 0.1) is 17.8 Å². The van der Waals surface area contributed by atoms with E-state index in [4.69, 9.17) is 24.7 Å². The highest BCUT2D eigenvalue weighted by Crippen LogP contribution is 2.31. The summed E-state index contributed by atoms with van der Waals surface area (Å²) in [7, 11) is 1.22. The predicted molar refractivity (Wildman–Crippen MR) is 130 cm³/mol. The van der Waals surface area contributed by atoms with E-state index in [9.17, 15) is 19.2 Å². The Hall–Kier alpha value is -2.94. The molecule has 9 nitrogen and oxygen atoms in total. The summed E-state index contributed by atoms with van der Waals surface area (Å²) in [4.78, 5) is 48.8. The first-order chi connectivity index (χ1) is 16.3. The van der Waals surface area contributed by atoms with E-state index in [0.29, 0.717) is 5.56 Å². The van der Waals surface area contributed by atoms with E-state index < -0.39 is 29.4 Å². The molecule has 0 amide bonds. The van der Waals surface area contributed by atoms with Gasteiger partial charge in [-0.15, -0.1) is 0 Å². The summed E-state index contributed by atoms with van der Waals surface area (Å²) >= 11 is 0. The fourth-order valence-corrected chi connectivity index (χ4v) is 3.15. The number of carbonyl (C=O) groups excluding carboxylic acids is 4. The van der Waals surface area contributed by atoms with Crippen molar-refractivity contribution in [1.29, 1.82) is 0 Å². The molecule has 0 spiro atoms. The molecule has 0 fully saturated rings. The molecule has 0 heterocycles. The molecule has 0 bridgehead atoms. The van der Waals surface area contributed by atoms with Crippen molar-refractivity contribution < 1.29 is 38.1 Å². The lowest BCUT2D eigenvalue weighted by atomic mass is 9.88. The van der Waals surface area contributed by atoms with Gasteiger partial charge in [0.05, 0.1) is 19.6 Å². The fourth-order valence-electron chi connectivity index (χ4n) is 3.15. The molecule has 0 radical (unpaired) electrons. The van der Waals surface area contributed by atoms with E-state index in [0.717, 1.165) is 0 Å². The second-order valence-electron chi connectivity index (χ2n) is 9.82. The first-order valence-electron chi connectivity index (χ1n) is 11.9. The quantitative estimate of drug-likeness (QED) is 0.323. The molecule has 0 aliphatic carbocycles. The van der Waals surface area contributed by atoms with Crippen molar-refractivity contribution >= 4 is 23.9 Å². The number of hydrogen-bond donors (Lipinski definition) is 1. The van der Waals surface area contributed by atoms with Crippen molar-refractivity contribution in [1.82, 2.24) is 0 Å². The van der Waals surface area contributed by atoms with E-state index in [1.807, 2.05) is 27.7 Å². The minimum atomic E-state index is -1.50. The molecule has 1 aromatic rings. The molecule has 0 aromatic heterocycles. The molecular formula is C26H39NO8. The second kappa shape index (κ2) is 13.8. The van der Waals surface area contributed by atoms with E-state index in [1.165, 1.54) is 19.2 Å². The largest absolute Gasteiger partial charge is 0.468 e. The average molecular weight is 494 g/mol. The van der Waals surface area contributed by atoms with Crippen molar-refractivity contribution in [3.63, 3.8) is 0 Å². The molecular weight excluding hydrogens is 454 g/mol. The minimum Gasteiger partial charge on any atom is -0.468 e. The molecule has 1 rings (SSSR count). The van der Waals surface area contributed by atoms with Gasteiger partial charge in [-0.2, -0.15) is 0 Å². The highest BCUT2D eigenvalue weighted by atomic mass is 16.6. The van der Waals surface area contributed by atoms with Crippen LogP contribution < -0.4 is 15.2 Å². The van der Waals surface area contributed by atoms with Gasteiger partial charge in [0, 0.05) is 25.7 Å². The summed E-state index contributed by atoms with van der Waals surface area (Å²) in [6.45, 7) is 10.9. The molecule has 1 unspecified atom stereocenters. The number of esters is 4. The summed E-state index contributed by atoms with van der Waals surface area (Å²) in [6, 6.07) is 4.64. The van der Waals surface area contributed by atoms with Crippen LogP contribution in [0.25, 0.3) is 0 Å². The zero-order valence-electron chi connectivity index (χ0n) is 21.8. The molecule has 0 saturated heterocycles. The van der Waals surface area contributed by atoms with Gasteiger partial charge in [-0.3, -0.25) is 19.2 Å². The van der Waals surface area contributed by atoms with Crippen LogP contribution >= 0.6 is 0 Å². The van der Waals surface area contributed by atoms with Crippen LogP contribution in [-0.2, 0) is 35.1 Å². The van der Waals surface area contributed by atoms with Crippen molar-refractivity contribution in [2.45, 2.75) is 72.8 Å². The topological polar surface area (TPSA) is 131 Å². The van der Waals surface area contributed by atoms with E-state index in [2.05, 4.69) is 0 Å². The highest BCUT2D eigenvalue weighted by molar-refractivity contribution is 5.81. The Morgan fingerprint density at radius 3 is 1.91 bits per heavy atom. The maximum atomic E-state index is 12.5. The van der Waals surface area contributed by atoms with Gasteiger partial charge in [-0.25, -0.2) is 0 Å². The molecule has 2 N–H and O–H groups in total. The number of benzene rings is 1. The highest BCUT2D eigenvalue weighted by Gasteiger charge is 2.36. The van der Waals surface area contributed by atoms with Crippen LogP contribution in [-0.4, -0.2) is 43.1 Å². The average Bonchev–Trinajstić information content (AvgIpc) is 2.73. The zero-order valence-corrected chi connectivity index (χ0v) is 21.8. The number of carbonyl (C=O) groups is 4. The van der Waals surface area contributed by atoms with E-state index in [-0.39, 0.29) is 61.5 Å². The molecule has 0 aliphatic rings. The van der Waals surface area contributed by atoms with Gasteiger partial charge in [0.25, 0.3) is 0 Å². The standard InChI is InChI=1S/C26H39NO8/c1-16(2)12-22(28)34-20-9-8-19(14-21(20)35-23(29)13-17(3)4)15-26(27,25(31)32-7)10-11-33-24(30)18(5)6/h8-9,14,16-18H,10-13,15,27H2,1-7H3. The third-order valence-corrected chi connectivity index (χ3v) is 4.98. The Morgan fingerprint density at radius 2 is 1.43 bits per heavy atom. The lowest BCUT2D eigenvalue weighted by molar-refractivity contribution is -0.152. The number of ether oxygens (including phenoxy) is 4. The van der Waals surface area contributed by atoms with Crippen molar-refractivity contribution in [3.05, 3.63) is 23.8 Å². The fraction of sp³-hybridized carbons (Fsp3) is 0.615. The Morgan fingerprint density at radius 1 is 0.886 bits per heavy atom. The third kappa shape index (κ3) is 10.5. The van der Waals surface area contributed by atoms with E-state index in [1.54, 1.807) is 19.9 Å². The minimum absolute atomic E-state index is 0.00779. The summed E-state index contributed by atoms with van der Waals surface area (Å²) in [5, 5.41) is 0. The Kier molecular flexibility index (Phi) is 11.9. The van der Waals surface area contributed by atoms with Crippen LogP contribution in [0.3, 0.4) is 0 Å². The number of nitrogens with two attached hydrogens (primary N) is 1. The van der Waals surface area contributed by atoms with Gasteiger partial charge in [-0.1, -0.05) is 47.6 Å². The van der Waals surface area contributed by atoms with Crippen LogP contribution in [0.4, 0.5) is 0 Å². The van der Waals surface area contributed by atoms with Gasteiger partial charge in [0.15, 0.2) is 11.5 Å². The molecule has 1 atom stereocenters. The van der Waals surface area contributed by atoms with Crippen LogP contribution in [0.2, 0.25) is 0 Å². The zero-order chi connectivity index (χ0) is 26.8. The first-order valence-corrected chi connectivity index (χ1v) is 11.9. The van der Waals surface area contributed by atoms with Crippen LogP contribution in [0.5, 0.6) is 11.5 Å². The lowest BCUT2D eigenvalue weighted by Gasteiger charge is -2.27. The summed E-state index contributed by atoms with van der Waals surface area (Å²) in [5.41, 5.74) is 5.42. The monoisotopic (exact) mass is 493 g/mol. The van der Waals surface area contributed by atoms with Gasteiger partial charge < -0.3 is 24.7 Å². The summed E-state index contributed by atoms with van der Waals surface area (Å²) in [6.07, 6.45) is 0.401. The molecule has 196 valence electrons. The molecule has 0 aliphatic heterocycles. The van der Waals surface area contributed by atoms with Gasteiger partial charge in [-0.05, 0) is 29.5 Å². The van der Waals surface area contributed by atoms with Crippen molar-refractivity contribution in [2.75, 3.05) is 13.7 Å². The normalized spacial score (nSPS) is 12.9. The summed E-state index contributed by atoms with van der Waals surface area (Å²) < 4.78 is 21.0. The van der Waals surface area contributed by atoms with Crippen LogP contribution in [0.15, 0.2) is 18.2 Å².